The first-order valence-electron chi connectivity index (χ1n) is 5.92. The number of hydrogen-bond donors (Lipinski definition) is 1. The molecule has 0 aliphatic rings. The molecule has 2 rings (SSSR count). The molecule has 1 N–H and O–H groups in total. The molecule has 18 heavy (non-hydrogen) atoms. The quantitative estimate of drug-likeness (QED) is 0.920. The van der Waals surface area contributed by atoms with Crippen LogP contribution in [0.25, 0.3) is 0 Å². The molecule has 3 nitrogen and oxygen atoms in total. The van der Waals surface area contributed by atoms with Crippen molar-refractivity contribution >= 4 is 17.0 Å². The Labute approximate surface area is 112 Å². The maximum Gasteiger partial charge on any atom is 0.0897 e. The Hall–Kier alpha value is -1.39. The number of aliphatic hydroxyl groups is 1. The molecule has 0 spiro atoms. The summed E-state index contributed by atoms with van der Waals surface area (Å²) in [5, 5.41) is 13.3. The van der Waals surface area contributed by atoms with Gasteiger partial charge in [-0.15, -0.1) is 11.3 Å². The van der Waals surface area contributed by atoms with E-state index in [1.807, 2.05) is 55.6 Å². The van der Waals surface area contributed by atoms with Gasteiger partial charge in [0.05, 0.1) is 16.8 Å². The lowest BCUT2D eigenvalue weighted by atomic mass is 10.0. The highest BCUT2D eigenvalue weighted by Crippen LogP contribution is 2.23. The van der Waals surface area contributed by atoms with Crippen molar-refractivity contribution in [3.05, 3.63) is 45.9 Å². The topological polar surface area (TPSA) is 36.4 Å². The van der Waals surface area contributed by atoms with Gasteiger partial charge in [-0.3, -0.25) is 0 Å². The molecule has 1 unspecified atom stereocenters. The molecule has 0 saturated carbocycles. The molecule has 1 atom stereocenters. The summed E-state index contributed by atoms with van der Waals surface area (Å²) in [5.74, 6) is 0. The summed E-state index contributed by atoms with van der Waals surface area (Å²) in [6.45, 7) is 1.98. The minimum Gasteiger partial charge on any atom is -0.388 e. The molecular weight excluding hydrogens is 244 g/mol. The second-order valence-corrected chi connectivity index (χ2v) is 5.63. The van der Waals surface area contributed by atoms with Crippen molar-refractivity contribution in [2.75, 3.05) is 19.0 Å². The van der Waals surface area contributed by atoms with E-state index in [9.17, 15) is 5.11 Å². The third-order valence-electron chi connectivity index (χ3n) is 2.84. The number of aliphatic hydroxyl groups excluding tert-OH is 1. The van der Waals surface area contributed by atoms with Gasteiger partial charge in [0.2, 0.25) is 0 Å². The summed E-state index contributed by atoms with van der Waals surface area (Å²) >= 11 is 1.62. The minimum atomic E-state index is -0.494. The van der Waals surface area contributed by atoms with E-state index in [0.29, 0.717) is 6.42 Å². The molecule has 1 aromatic carbocycles. The fourth-order valence-electron chi connectivity index (χ4n) is 1.83. The largest absolute Gasteiger partial charge is 0.388 e. The Bertz CT molecular complexity index is 522. The Balaban J connectivity index is 2.13. The lowest BCUT2D eigenvalue weighted by molar-refractivity contribution is 0.177. The zero-order valence-corrected chi connectivity index (χ0v) is 11.7. The van der Waals surface area contributed by atoms with Crippen LogP contribution < -0.4 is 4.90 Å². The molecule has 0 fully saturated rings. The van der Waals surface area contributed by atoms with Crippen LogP contribution in [-0.2, 0) is 6.42 Å². The molecule has 0 bridgehead atoms. The van der Waals surface area contributed by atoms with Gasteiger partial charge < -0.3 is 10.0 Å². The summed E-state index contributed by atoms with van der Waals surface area (Å²) in [6, 6.07) is 7.98. The van der Waals surface area contributed by atoms with Crippen LogP contribution in [0, 0.1) is 6.92 Å². The van der Waals surface area contributed by atoms with Gasteiger partial charge in [0.1, 0.15) is 0 Å². The van der Waals surface area contributed by atoms with Gasteiger partial charge >= 0.3 is 0 Å². The first kappa shape index (κ1) is 13.1. The van der Waals surface area contributed by atoms with Crippen LogP contribution in [-0.4, -0.2) is 24.2 Å². The van der Waals surface area contributed by atoms with E-state index in [-0.39, 0.29) is 0 Å². The van der Waals surface area contributed by atoms with Crippen LogP contribution in [0.4, 0.5) is 5.69 Å². The maximum absolute atomic E-state index is 10.2. The van der Waals surface area contributed by atoms with Crippen molar-refractivity contribution in [3.8, 4) is 0 Å². The average molecular weight is 262 g/mol. The number of thiazole rings is 1. The first-order chi connectivity index (χ1) is 8.56. The summed E-state index contributed by atoms with van der Waals surface area (Å²) in [4.78, 5) is 6.41. The molecule has 2 aromatic rings. The molecule has 4 heteroatoms. The molecular formula is C14H18N2OS. The fraction of sp³-hybridized carbons (Fsp3) is 0.357. The van der Waals surface area contributed by atoms with Gasteiger partial charge in [0.15, 0.2) is 0 Å². The Morgan fingerprint density at radius 2 is 2.17 bits per heavy atom. The van der Waals surface area contributed by atoms with Crippen LogP contribution in [0.15, 0.2) is 29.6 Å². The monoisotopic (exact) mass is 262 g/mol. The maximum atomic E-state index is 10.2. The molecule has 0 aliphatic carbocycles. The van der Waals surface area contributed by atoms with E-state index in [1.165, 1.54) is 0 Å². The molecule has 0 saturated heterocycles. The number of aromatic nitrogens is 1. The highest BCUT2D eigenvalue weighted by molar-refractivity contribution is 7.09. The summed E-state index contributed by atoms with van der Waals surface area (Å²) in [5.41, 5.74) is 2.99. The van der Waals surface area contributed by atoms with Crippen molar-refractivity contribution in [2.24, 2.45) is 0 Å². The molecule has 0 amide bonds. The Kier molecular flexibility index (Phi) is 3.99. The zero-order valence-electron chi connectivity index (χ0n) is 10.9. The fourth-order valence-corrected chi connectivity index (χ4v) is 2.45. The van der Waals surface area contributed by atoms with Crippen LogP contribution in [0.5, 0.6) is 0 Å². The van der Waals surface area contributed by atoms with Gasteiger partial charge in [-0.05, 0) is 24.6 Å². The van der Waals surface area contributed by atoms with Crippen LogP contribution in [0.2, 0.25) is 0 Å². The number of nitrogens with zero attached hydrogens (tertiary/aromatic N) is 2. The van der Waals surface area contributed by atoms with E-state index in [1.54, 1.807) is 11.3 Å². The zero-order chi connectivity index (χ0) is 13.1. The van der Waals surface area contributed by atoms with E-state index in [0.717, 1.165) is 22.0 Å². The van der Waals surface area contributed by atoms with Crippen molar-refractivity contribution in [2.45, 2.75) is 19.4 Å². The molecule has 0 radical (unpaired) electrons. The molecule has 0 aliphatic heterocycles. The van der Waals surface area contributed by atoms with Crippen LogP contribution in [0.3, 0.4) is 0 Å². The van der Waals surface area contributed by atoms with E-state index in [2.05, 4.69) is 4.98 Å². The Morgan fingerprint density at radius 1 is 1.39 bits per heavy atom. The van der Waals surface area contributed by atoms with Gasteiger partial charge in [-0.1, -0.05) is 12.1 Å². The number of anilines is 1. The highest BCUT2D eigenvalue weighted by atomic mass is 32.1. The predicted octanol–water partition coefficient (Wildman–Crippen LogP) is 2.79. The van der Waals surface area contributed by atoms with Crippen LogP contribution >= 0.6 is 11.3 Å². The van der Waals surface area contributed by atoms with Gasteiger partial charge in [0, 0.05) is 31.6 Å². The number of rotatable bonds is 4. The van der Waals surface area contributed by atoms with Crippen molar-refractivity contribution in [3.63, 3.8) is 0 Å². The number of hydrogen-bond acceptors (Lipinski definition) is 4. The standard InChI is InChI=1S/C14H18N2OS/c1-10-15-12(9-18-10)8-14(17)11-5-4-6-13(7-11)16(2)3/h4-7,9,14,17H,8H2,1-3H3. The number of benzene rings is 1. The third-order valence-corrected chi connectivity index (χ3v) is 3.66. The van der Waals surface area contributed by atoms with Gasteiger partial charge in [0.25, 0.3) is 0 Å². The second-order valence-electron chi connectivity index (χ2n) is 4.57. The normalized spacial score (nSPS) is 12.4. The van der Waals surface area contributed by atoms with Gasteiger partial charge in [-0.25, -0.2) is 4.98 Å². The minimum absolute atomic E-state index is 0.494. The smallest absolute Gasteiger partial charge is 0.0897 e. The molecule has 96 valence electrons. The Morgan fingerprint density at radius 3 is 2.78 bits per heavy atom. The lowest BCUT2D eigenvalue weighted by Gasteiger charge is -2.16. The van der Waals surface area contributed by atoms with Crippen molar-refractivity contribution in [1.29, 1.82) is 0 Å². The number of aryl methyl sites for hydroxylation is 1. The predicted molar refractivity (Wildman–Crippen MR) is 76.3 cm³/mol. The first-order valence-corrected chi connectivity index (χ1v) is 6.80. The summed E-state index contributed by atoms with van der Waals surface area (Å²) < 4.78 is 0. The SMILES string of the molecule is Cc1nc(CC(O)c2cccc(N(C)C)c2)cs1. The van der Waals surface area contributed by atoms with E-state index >= 15 is 0 Å². The average Bonchev–Trinajstić information content (AvgIpc) is 2.75. The van der Waals surface area contributed by atoms with E-state index in [4.69, 9.17) is 0 Å². The highest BCUT2D eigenvalue weighted by Gasteiger charge is 2.11. The summed E-state index contributed by atoms with van der Waals surface area (Å²) in [7, 11) is 3.99. The van der Waals surface area contributed by atoms with E-state index < -0.39 is 6.10 Å². The second kappa shape index (κ2) is 5.50. The summed E-state index contributed by atoms with van der Waals surface area (Å²) in [6.07, 6.45) is 0.0766. The molecule has 1 heterocycles. The third kappa shape index (κ3) is 3.09. The van der Waals surface area contributed by atoms with Gasteiger partial charge in [-0.2, -0.15) is 0 Å². The molecule has 1 aromatic heterocycles. The lowest BCUT2D eigenvalue weighted by Crippen LogP contribution is -2.10. The van der Waals surface area contributed by atoms with Crippen molar-refractivity contribution in [1.82, 2.24) is 4.98 Å². The van der Waals surface area contributed by atoms with Crippen LogP contribution in [0.1, 0.15) is 22.4 Å². The van der Waals surface area contributed by atoms with Crippen molar-refractivity contribution < 1.29 is 5.11 Å².